The molecule has 6 heteroatoms. The van der Waals surface area contributed by atoms with Crippen molar-refractivity contribution < 1.29 is 14.3 Å². The molecule has 2 rings (SSSR count). The molecule has 1 amide bonds. The second kappa shape index (κ2) is 5.58. The Morgan fingerprint density at radius 3 is 2.67 bits per heavy atom. The van der Waals surface area contributed by atoms with Gasteiger partial charge in [0.25, 0.3) is 5.91 Å². The van der Waals surface area contributed by atoms with Gasteiger partial charge in [-0.1, -0.05) is 12.1 Å². The highest BCUT2D eigenvalue weighted by molar-refractivity contribution is 7.99. The summed E-state index contributed by atoms with van der Waals surface area (Å²) in [6.07, 6.45) is 0.838. The molecule has 1 heterocycles. The normalized spacial score (nSPS) is 18.1. The first-order valence-electron chi connectivity index (χ1n) is 5.73. The number of amides is 1. The molecule has 0 saturated carbocycles. The largest absolute Gasteiger partial charge is 0.380 e. The summed E-state index contributed by atoms with van der Waals surface area (Å²) in [7, 11) is 0. The van der Waals surface area contributed by atoms with Crippen LogP contribution in [0, 0.1) is 5.82 Å². The number of benzene rings is 1. The summed E-state index contributed by atoms with van der Waals surface area (Å²) < 4.78 is 13.3. The van der Waals surface area contributed by atoms with Crippen molar-refractivity contribution in [3.63, 3.8) is 0 Å². The number of rotatable bonds is 3. The molecule has 0 aromatic heterocycles. The SMILES string of the molecule is O=C(NNc1ccccc1F)C1(O)CCSCC1. The molecule has 98 valence electrons. The van der Waals surface area contributed by atoms with E-state index >= 15 is 0 Å². The molecule has 1 fully saturated rings. The molecule has 1 aliphatic rings. The number of thioether (sulfide) groups is 1. The lowest BCUT2D eigenvalue weighted by Gasteiger charge is -2.30. The molecule has 1 aliphatic heterocycles. The van der Waals surface area contributed by atoms with Crippen molar-refractivity contribution in [1.82, 2.24) is 5.43 Å². The van der Waals surface area contributed by atoms with Gasteiger partial charge < -0.3 is 5.11 Å². The molecule has 0 bridgehead atoms. The summed E-state index contributed by atoms with van der Waals surface area (Å²) >= 11 is 1.71. The van der Waals surface area contributed by atoms with E-state index in [1.165, 1.54) is 12.1 Å². The zero-order valence-corrected chi connectivity index (χ0v) is 10.6. The van der Waals surface area contributed by atoms with Crippen molar-refractivity contribution in [3.8, 4) is 0 Å². The molecule has 1 aromatic rings. The fourth-order valence-corrected chi connectivity index (χ4v) is 2.91. The monoisotopic (exact) mass is 270 g/mol. The first-order chi connectivity index (χ1) is 8.62. The van der Waals surface area contributed by atoms with Crippen LogP contribution in [0.2, 0.25) is 0 Å². The number of hydrogen-bond donors (Lipinski definition) is 3. The number of halogens is 1. The molecule has 0 radical (unpaired) electrons. The number of carbonyl (C=O) groups is 1. The van der Waals surface area contributed by atoms with Crippen LogP contribution in [0.3, 0.4) is 0 Å². The van der Waals surface area contributed by atoms with Gasteiger partial charge in [-0.3, -0.25) is 15.6 Å². The number of hydrazine groups is 1. The fraction of sp³-hybridized carbons (Fsp3) is 0.417. The van der Waals surface area contributed by atoms with E-state index in [0.29, 0.717) is 12.8 Å². The lowest BCUT2D eigenvalue weighted by Crippen LogP contribution is -2.50. The van der Waals surface area contributed by atoms with Gasteiger partial charge in [0.1, 0.15) is 11.4 Å². The summed E-state index contributed by atoms with van der Waals surface area (Å²) in [4.78, 5) is 11.8. The predicted octanol–water partition coefficient (Wildman–Crippen LogP) is 1.53. The van der Waals surface area contributed by atoms with Gasteiger partial charge >= 0.3 is 0 Å². The van der Waals surface area contributed by atoms with Crippen LogP contribution in [-0.2, 0) is 4.79 Å². The lowest BCUT2D eigenvalue weighted by atomic mass is 9.96. The highest BCUT2D eigenvalue weighted by Crippen LogP contribution is 2.27. The van der Waals surface area contributed by atoms with Gasteiger partial charge in [0.15, 0.2) is 0 Å². The number of para-hydroxylation sites is 1. The first-order valence-corrected chi connectivity index (χ1v) is 6.88. The van der Waals surface area contributed by atoms with E-state index in [1.807, 2.05) is 0 Å². The molecule has 3 N–H and O–H groups in total. The summed E-state index contributed by atoms with van der Waals surface area (Å²) in [5.41, 5.74) is 3.69. The third-order valence-corrected chi connectivity index (χ3v) is 3.91. The third kappa shape index (κ3) is 2.94. The second-order valence-corrected chi connectivity index (χ2v) is 5.43. The molecular weight excluding hydrogens is 255 g/mol. The van der Waals surface area contributed by atoms with E-state index < -0.39 is 17.3 Å². The van der Waals surface area contributed by atoms with E-state index in [0.717, 1.165) is 11.5 Å². The number of carbonyl (C=O) groups excluding carboxylic acids is 1. The van der Waals surface area contributed by atoms with Crippen LogP contribution in [0.5, 0.6) is 0 Å². The summed E-state index contributed by atoms with van der Waals surface area (Å²) in [6.45, 7) is 0. The Morgan fingerprint density at radius 1 is 1.33 bits per heavy atom. The Morgan fingerprint density at radius 2 is 2.00 bits per heavy atom. The molecule has 1 saturated heterocycles. The molecular formula is C12H15FN2O2S. The van der Waals surface area contributed by atoms with Crippen LogP contribution in [0.1, 0.15) is 12.8 Å². The van der Waals surface area contributed by atoms with Crippen molar-refractivity contribution in [2.45, 2.75) is 18.4 Å². The maximum absolute atomic E-state index is 13.3. The summed E-state index contributed by atoms with van der Waals surface area (Å²) in [5.74, 6) is 0.544. The quantitative estimate of drug-likeness (QED) is 0.729. The maximum Gasteiger partial charge on any atom is 0.270 e. The van der Waals surface area contributed by atoms with Gasteiger partial charge in [-0.05, 0) is 36.5 Å². The Labute approximate surface area is 109 Å². The molecule has 0 unspecified atom stereocenters. The van der Waals surface area contributed by atoms with Gasteiger partial charge in [0, 0.05) is 0 Å². The second-order valence-electron chi connectivity index (χ2n) is 4.20. The Balaban J connectivity index is 1.94. The minimum atomic E-state index is -1.34. The number of anilines is 1. The maximum atomic E-state index is 13.3. The van der Waals surface area contributed by atoms with Crippen molar-refractivity contribution >= 4 is 23.4 Å². The number of aliphatic hydroxyl groups is 1. The number of nitrogens with one attached hydrogen (secondary N) is 2. The third-order valence-electron chi connectivity index (χ3n) is 2.93. The minimum Gasteiger partial charge on any atom is -0.380 e. The van der Waals surface area contributed by atoms with E-state index in [2.05, 4.69) is 10.9 Å². The van der Waals surface area contributed by atoms with Crippen LogP contribution in [0.25, 0.3) is 0 Å². The van der Waals surface area contributed by atoms with Crippen LogP contribution < -0.4 is 10.9 Å². The van der Waals surface area contributed by atoms with Gasteiger partial charge in [0.2, 0.25) is 0 Å². The molecule has 4 nitrogen and oxygen atoms in total. The van der Waals surface area contributed by atoms with Crippen molar-refractivity contribution in [1.29, 1.82) is 0 Å². The van der Waals surface area contributed by atoms with Crippen LogP contribution in [0.15, 0.2) is 24.3 Å². The zero-order chi connectivity index (χ0) is 13.0. The summed E-state index contributed by atoms with van der Waals surface area (Å²) in [5, 5.41) is 10.1. The van der Waals surface area contributed by atoms with Gasteiger partial charge in [0.05, 0.1) is 5.69 Å². The Bertz CT molecular complexity index is 436. The molecule has 1 aromatic carbocycles. The Kier molecular flexibility index (Phi) is 4.08. The average Bonchev–Trinajstić information content (AvgIpc) is 2.38. The van der Waals surface area contributed by atoms with Gasteiger partial charge in [-0.25, -0.2) is 4.39 Å². The van der Waals surface area contributed by atoms with Gasteiger partial charge in [-0.2, -0.15) is 11.8 Å². The smallest absolute Gasteiger partial charge is 0.270 e. The predicted molar refractivity (Wildman–Crippen MR) is 69.7 cm³/mol. The standard InChI is InChI=1S/C12H15FN2O2S/c13-9-3-1-2-4-10(9)14-15-11(16)12(17)5-7-18-8-6-12/h1-4,14,17H,5-8H2,(H,15,16). The average molecular weight is 270 g/mol. The van der Waals surface area contributed by atoms with E-state index in [-0.39, 0.29) is 5.69 Å². The van der Waals surface area contributed by atoms with Crippen LogP contribution in [0.4, 0.5) is 10.1 Å². The molecule has 0 atom stereocenters. The molecule has 18 heavy (non-hydrogen) atoms. The van der Waals surface area contributed by atoms with Crippen molar-refractivity contribution in [2.75, 3.05) is 16.9 Å². The van der Waals surface area contributed by atoms with Crippen molar-refractivity contribution in [2.24, 2.45) is 0 Å². The fourth-order valence-electron chi connectivity index (χ4n) is 1.74. The number of hydrogen-bond acceptors (Lipinski definition) is 4. The molecule has 0 spiro atoms. The van der Waals surface area contributed by atoms with E-state index in [9.17, 15) is 14.3 Å². The topological polar surface area (TPSA) is 61.4 Å². The van der Waals surface area contributed by atoms with E-state index in [1.54, 1.807) is 23.9 Å². The van der Waals surface area contributed by atoms with Crippen molar-refractivity contribution in [3.05, 3.63) is 30.1 Å². The first kappa shape index (κ1) is 13.2. The highest BCUT2D eigenvalue weighted by Gasteiger charge is 2.37. The minimum absolute atomic E-state index is 0.180. The lowest BCUT2D eigenvalue weighted by molar-refractivity contribution is -0.139. The van der Waals surface area contributed by atoms with Gasteiger partial charge in [-0.15, -0.1) is 0 Å². The van der Waals surface area contributed by atoms with Crippen LogP contribution >= 0.6 is 11.8 Å². The summed E-state index contributed by atoms with van der Waals surface area (Å²) in [6, 6.07) is 6.02. The highest BCUT2D eigenvalue weighted by atomic mass is 32.2. The van der Waals surface area contributed by atoms with Crippen LogP contribution in [-0.4, -0.2) is 28.1 Å². The molecule has 0 aliphatic carbocycles. The zero-order valence-electron chi connectivity index (χ0n) is 9.78. The Hall–Kier alpha value is -1.27. The van der Waals surface area contributed by atoms with E-state index in [4.69, 9.17) is 0 Å².